The standard InChI is InChI=1S/C27H34O6S/c1-6-7-12-20-14-18(3)23(34-20)15-19(4)26(30)25-21(28)16-22(33-27(25)31)17(2)11-9-8-10-13-24(29)32-5/h8,10,14-17,28H,6-7,9,11-13H2,1-5H3/b10-8+,19-15+. The number of esters is 1. The van der Waals surface area contributed by atoms with Crippen LogP contribution >= 0.6 is 11.3 Å². The number of Topliss-reactive ketones (excluding diaryl/α,β-unsaturated/α-hetero) is 1. The molecule has 1 unspecified atom stereocenters. The zero-order chi connectivity index (χ0) is 25.3. The van der Waals surface area contributed by atoms with Crippen molar-refractivity contribution in [2.75, 3.05) is 7.11 Å². The molecule has 0 saturated heterocycles. The van der Waals surface area contributed by atoms with Gasteiger partial charge in [-0.2, -0.15) is 0 Å². The van der Waals surface area contributed by atoms with Crippen LogP contribution in [0.4, 0.5) is 0 Å². The summed E-state index contributed by atoms with van der Waals surface area (Å²) in [5, 5.41) is 10.5. The van der Waals surface area contributed by atoms with Gasteiger partial charge in [-0.3, -0.25) is 9.59 Å². The van der Waals surface area contributed by atoms with Gasteiger partial charge < -0.3 is 14.3 Å². The Hall–Kier alpha value is -2.93. The summed E-state index contributed by atoms with van der Waals surface area (Å²) >= 11 is 1.65. The van der Waals surface area contributed by atoms with E-state index in [-0.39, 0.29) is 29.6 Å². The van der Waals surface area contributed by atoms with Crippen LogP contribution in [0.3, 0.4) is 0 Å². The Morgan fingerprint density at radius 3 is 2.65 bits per heavy atom. The van der Waals surface area contributed by atoms with Crippen LogP contribution < -0.4 is 5.63 Å². The Kier molecular flexibility index (Phi) is 10.5. The molecule has 0 amide bonds. The summed E-state index contributed by atoms with van der Waals surface area (Å²) in [4.78, 5) is 38.9. The number of ketones is 1. The number of carbonyl (C=O) groups is 2. The van der Waals surface area contributed by atoms with Gasteiger partial charge in [0.1, 0.15) is 17.1 Å². The van der Waals surface area contributed by atoms with Crippen LogP contribution in [0.1, 0.15) is 90.2 Å². The number of hydrogen-bond donors (Lipinski definition) is 1. The predicted octanol–water partition coefficient (Wildman–Crippen LogP) is 6.35. The van der Waals surface area contributed by atoms with Gasteiger partial charge >= 0.3 is 11.6 Å². The number of aryl methyl sites for hydroxylation is 2. The van der Waals surface area contributed by atoms with Gasteiger partial charge in [0.2, 0.25) is 0 Å². The molecule has 34 heavy (non-hydrogen) atoms. The molecule has 0 radical (unpaired) electrons. The second kappa shape index (κ2) is 13.1. The normalized spacial score (nSPS) is 12.8. The van der Waals surface area contributed by atoms with Crippen molar-refractivity contribution in [3.63, 3.8) is 0 Å². The van der Waals surface area contributed by atoms with Gasteiger partial charge in [0.15, 0.2) is 5.78 Å². The van der Waals surface area contributed by atoms with E-state index in [1.165, 1.54) is 18.1 Å². The lowest BCUT2D eigenvalue weighted by atomic mass is 9.99. The van der Waals surface area contributed by atoms with Crippen LogP contribution in [0.25, 0.3) is 6.08 Å². The van der Waals surface area contributed by atoms with Gasteiger partial charge in [-0.25, -0.2) is 4.79 Å². The van der Waals surface area contributed by atoms with E-state index < -0.39 is 11.4 Å². The van der Waals surface area contributed by atoms with E-state index in [4.69, 9.17) is 4.42 Å². The number of hydrogen-bond acceptors (Lipinski definition) is 7. The second-order valence-electron chi connectivity index (χ2n) is 8.45. The third-order valence-electron chi connectivity index (χ3n) is 5.60. The third-order valence-corrected chi connectivity index (χ3v) is 6.84. The number of methoxy groups -OCH3 is 1. The molecule has 0 fully saturated rings. The number of unbranched alkanes of at least 4 members (excludes halogenated alkanes) is 1. The average molecular weight is 487 g/mol. The van der Waals surface area contributed by atoms with E-state index in [1.54, 1.807) is 30.4 Å². The highest BCUT2D eigenvalue weighted by Crippen LogP contribution is 2.29. The summed E-state index contributed by atoms with van der Waals surface area (Å²) < 4.78 is 9.97. The molecule has 2 aromatic heterocycles. The zero-order valence-corrected chi connectivity index (χ0v) is 21.4. The van der Waals surface area contributed by atoms with E-state index in [9.17, 15) is 19.5 Å². The number of allylic oxidation sites excluding steroid dienone is 2. The Morgan fingerprint density at radius 1 is 1.26 bits per heavy atom. The molecule has 7 heteroatoms. The molecule has 1 atom stereocenters. The van der Waals surface area contributed by atoms with Gasteiger partial charge in [-0.1, -0.05) is 32.4 Å². The van der Waals surface area contributed by atoms with Crippen molar-refractivity contribution < 1.29 is 23.8 Å². The molecule has 0 aliphatic heterocycles. The SMILES string of the molecule is CCCCc1cc(C)c(/C=C(\C)C(=O)c2c(O)cc(C(C)CC/C=C/CC(=O)OC)oc2=O)s1. The van der Waals surface area contributed by atoms with Gasteiger partial charge in [0.05, 0.1) is 13.5 Å². The van der Waals surface area contributed by atoms with E-state index in [2.05, 4.69) is 17.7 Å². The molecular formula is C27H34O6S. The Morgan fingerprint density at radius 2 is 2.00 bits per heavy atom. The topological polar surface area (TPSA) is 93.8 Å². The first-order valence-corrected chi connectivity index (χ1v) is 12.4. The number of rotatable bonds is 12. The van der Waals surface area contributed by atoms with E-state index in [0.717, 1.165) is 29.7 Å². The number of ether oxygens (including phenoxy) is 1. The molecule has 2 rings (SSSR count). The lowest BCUT2D eigenvalue weighted by Crippen LogP contribution is -2.16. The highest BCUT2D eigenvalue weighted by Gasteiger charge is 2.22. The molecule has 0 aliphatic carbocycles. The summed E-state index contributed by atoms with van der Waals surface area (Å²) in [6.45, 7) is 7.67. The maximum atomic E-state index is 13.0. The molecule has 6 nitrogen and oxygen atoms in total. The quantitative estimate of drug-likeness (QED) is 0.163. The van der Waals surface area contributed by atoms with Crippen LogP contribution in [-0.2, 0) is 16.0 Å². The van der Waals surface area contributed by atoms with E-state index >= 15 is 0 Å². The third kappa shape index (κ3) is 7.55. The average Bonchev–Trinajstić information content (AvgIpc) is 3.15. The lowest BCUT2D eigenvalue weighted by molar-refractivity contribution is -0.139. The molecule has 2 aromatic rings. The van der Waals surface area contributed by atoms with Gasteiger partial charge in [-0.15, -0.1) is 11.3 Å². The van der Waals surface area contributed by atoms with E-state index in [1.807, 2.05) is 19.9 Å². The summed E-state index contributed by atoms with van der Waals surface area (Å²) in [7, 11) is 1.34. The second-order valence-corrected chi connectivity index (χ2v) is 9.61. The fourth-order valence-electron chi connectivity index (χ4n) is 3.46. The fourth-order valence-corrected chi connectivity index (χ4v) is 4.68. The van der Waals surface area contributed by atoms with Crippen molar-refractivity contribution in [3.05, 3.63) is 66.9 Å². The Labute approximate surface area is 205 Å². The van der Waals surface area contributed by atoms with Crippen LogP contribution in [0.5, 0.6) is 5.75 Å². The minimum Gasteiger partial charge on any atom is -0.507 e. The van der Waals surface area contributed by atoms with Gasteiger partial charge in [0, 0.05) is 21.7 Å². The first kappa shape index (κ1) is 27.3. The molecule has 0 saturated carbocycles. The molecule has 0 bridgehead atoms. The largest absolute Gasteiger partial charge is 0.507 e. The van der Waals surface area contributed by atoms with Crippen molar-refractivity contribution in [3.8, 4) is 5.75 Å². The summed E-state index contributed by atoms with van der Waals surface area (Å²) in [6.07, 6.45) is 10.1. The first-order valence-electron chi connectivity index (χ1n) is 11.6. The van der Waals surface area contributed by atoms with Crippen LogP contribution in [-0.4, -0.2) is 24.0 Å². The molecular weight excluding hydrogens is 452 g/mol. The van der Waals surface area contributed by atoms with Crippen molar-refractivity contribution in [1.82, 2.24) is 0 Å². The predicted molar refractivity (Wildman–Crippen MR) is 136 cm³/mol. The summed E-state index contributed by atoms with van der Waals surface area (Å²) in [5.74, 6) is -1.06. The molecule has 0 spiro atoms. The van der Waals surface area contributed by atoms with Crippen molar-refractivity contribution >= 4 is 29.2 Å². The Bertz CT molecular complexity index is 1120. The maximum Gasteiger partial charge on any atom is 0.351 e. The maximum absolute atomic E-state index is 13.0. The van der Waals surface area contributed by atoms with Crippen molar-refractivity contribution in [1.29, 1.82) is 0 Å². The number of carbonyl (C=O) groups excluding carboxylic acids is 2. The van der Waals surface area contributed by atoms with E-state index in [0.29, 0.717) is 24.2 Å². The minimum atomic E-state index is -0.840. The highest BCUT2D eigenvalue weighted by molar-refractivity contribution is 7.13. The lowest BCUT2D eigenvalue weighted by Gasteiger charge is -2.11. The Balaban J connectivity index is 2.13. The number of aromatic hydroxyl groups is 1. The van der Waals surface area contributed by atoms with Crippen molar-refractivity contribution in [2.24, 2.45) is 0 Å². The highest BCUT2D eigenvalue weighted by atomic mass is 32.1. The molecule has 0 aromatic carbocycles. The van der Waals surface area contributed by atoms with Crippen molar-refractivity contribution in [2.45, 2.75) is 72.1 Å². The van der Waals surface area contributed by atoms with Crippen LogP contribution in [0, 0.1) is 6.92 Å². The van der Waals surface area contributed by atoms with Crippen LogP contribution in [0.15, 0.2) is 39.1 Å². The molecule has 0 aliphatic rings. The zero-order valence-electron chi connectivity index (χ0n) is 20.6. The van der Waals surface area contributed by atoms with Gasteiger partial charge in [0.25, 0.3) is 0 Å². The smallest absolute Gasteiger partial charge is 0.351 e. The van der Waals surface area contributed by atoms with Crippen LogP contribution in [0.2, 0.25) is 0 Å². The monoisotopic (exact) mass is 486 g/mol. The number of thiophene rings is 1. The minimum absolute atomic E-state index is 0.155. The molecule has 2 heterocycles. The van der Waals surface area contributed by atoms with Gasteiger partial charge in [-0.05, 0) is 62.8 Å². The summed E-state index contributed by atoms with van der Waals surface area (Å²) in [6, 6.07) is 3.49. The molecule has 1 N–H and O–H groups in total. The first-order chi connectivity index (χ1) is 16.2. The fraction of sp³-hybridized carbons (Fsp3) is 0.444. The molecule has 184 valence electrons. The summed E-state index contributed by atoms with van der Waals surface area (Å²) in [5.41, 5.74) is 0.269.